The lowest BCUT2D eigenvalue weighted by atomic mass is 9.90. The van der Waals surface area contributed by atoms with E-state index in [-0.39, 0.29) is 5.56 Å². The Kier molecular flexibility index (Phi) is 3.87. The predicted octanol–water partition coefficient (Wildman–Crippen LogP) is 3.58. The molecule has 96 valence electrons. The smallest absolute Gasteiger partial charge is 0.376 e. The zero-order valence-electron chi connectivity index (χ0n) is 10.2. The van der Waals surface area contributed by atoms with Crippen molar-refractivity contribution in [3.05, 3.63) is 34.9 Å². The normalized spacial score (nSPS) is 15.7. The number of hydrogen-bond donors (Lipinski definition) is 1. The summed E-state index contributed by atoms with van der Waals surface area (Å²) in [6.45, 7) is 4.63. The Morgan fingerprint density at radius 1 is 1.06 bits per heavy atom. The fourth-order valence-electron chi connectivity index (χ4n) is 1.77. The molecule has 0 amide bonds. The van der Waals surface area contributed by atoms with E-state index in [1.807, 2.05) is 13.8 Å². The number of aryl methyl sites for hydroxylation is 2. The summed E-state index contributed by atoms with van der Waals surface area (Å²) in [5, 5.41) is 9.58. The zero-order chi connectivity index (χ0) is 13.3. The number of rotatable bonds is 3. The van der Waals surface area contributed by atoms with Crippen molar-refractivity contribution in [2.75, 3.05) is 0 Å². The second-order valence-electron chi connectivity index (χ2n) is 4.26. The monoisotopic (exact) mass is 246 g/mol. The van der Waals surface area contributed by atoms with Gasteiger partial charge in [-0.3, -0.25) is 0 Å². The van der Waals surface area contributed by atoms with Gasteiger partial charge in [0.1, 0.15) is 0 Å². The maximum Gasteiger partial charge on any atom is 0.421 e. The van der Waals surface area contributed by atoms with Crippen molar-refractivity contribution in [3.63, 3.8) is 0 Å². The Labute approximate surface area is 99.3 Å². The van der Waals surface area contributed by atoms with Crippen LogP contribution < -0.4 is 0 Å². The largest absolute Gasteiger partial charge is 0.421 e. The van der Waals surface area contributed by atoms with E-state index >= 15 is 0 Å². The van der Waals surface area contributed by atoms with Crippen LogP contribution in [0.15, 0.2) is 18.2 Å². The van der Waals surface area contributed by atoms with E-state index in [0.29, 0.717) is 6.42 Å². The van der Waals surface area contributed by atoms with Gasteiger partial charge in [-0.2, -0.15) is 13.2 Å². The van der Waals surface area contributed by atoms with Crippen molar-refractivity contribution < 1.29 is 18.3 Å². The highest BCUT2D eigenvalue weighted by atomic mass is 19.4. The van der Waals surface area contributed by atoms with E-state index in [1.165, 1.54) is 12.1 Å². The van der Waals surface area contributed by atoms with Crippen LogP contribution in [-0.2, 0) is 18.4 Å². The molecule has 0 saturated carbocycles. The van der Waals surface area contributed by atoms with Gasteiger partial charge in [0.05, 0.1) is 0 Å². The number of benzene rings is 1. The first-order valence-corrected chi connectivity index (χ1v) is 5.65. The summed E-state index contributed by atoms with van der Waals surface area (Å²) in [6, 6.07) is 4.46. The molecule has 0 spiro atoms. The highest BCUT2D eigenvalue weighted by Crippen LogP contribution is 2.39. The molecule has 0 aliphatic rings. The predicted molar refractivity (Wildman–Crippen MR) is 60.8 cm³/mol. The lowest BCUT2D eigenvalue weighted by molar-refractivity contribution is -0.258. The first-order valence-electron chi connectivity index (χ1n) is 5.65. The molecule has 0 heterocycles. The van der Waals surface area contributed by atoms with Crippen LogP contribution in [0.5, 0.6) is 0 Å². The molecule has 0 radical (unpaired) electrons. The van der Waals surface area contributed by atoms with Gasteiger partial charge in [0, 0.05) is 0 Å². The molecule has 0 aliphatic carbocycles. The number of alkyl halides is 3. The lowest BCUT2D eigenvalue weighted by Gasteiger charge is -2.27. The fourth-order valence-corrected chi connectivity index (χ4v) is 1.77. The molecular weight excluding hydrogens is 229 g/mol. The van der Waals surface area contributed by atoms with Crippen molar-refractivity contribution in [2.45, 2.75) is 45.4 Å². The molecule has 0 saturated heterocycles. The third kappa shape index (κ3) is 2.63. The van der Waals surface area contributed by atoms with E-state index in [1.54, 1.807) is 6.07 Å². The Morgan fingerprint density at radius 3 is 2.00 bits per heavy atom. The standard InChI is InChI=1S/C13H17F3O/c1-4-9-6-7-11(8-10(9)5-2)12(3,17)13(14,15)16/h6-8,17H,4-5H2,1-3H3. The molecular formula is C13H17F3O. The second kappa shape index (κ2) is 4.69. The maximum absolute atomic E-state index is 12.7. The second-order valence-corrected chi connectivity index (χ2v) is 4.26. The van der Waals surface area contributed by atoms with Crippen molar-refractivity contribution >= 4 is 0 Å². The van der Waals surface area contributed by atoms with Crippen molar-refractivity contribution in [1.82, 2.24) is 0 Å². The Hall–Kier alpha value is -1.03. The molecule has 4 heteroatoms. The average Bonchev–Trinajstić information content (AvgIpc) is 2.26. The van der Waals surface area contributed by atoms with E-state index < -0.39 is 11.8 Å². The zero-order valence-corrected chi connectivity index (χ0v) is 10.2. The van der Waals surface area contributed by atoms with Crippen molar-refractivity contribution in [2.24, 2.45) is 0 Å². The van der Waals surface area contributed by atoms with Crippen LogP contribution in [0.25, 0.3) is 0 Å². The first kappa shape index (κ1) is 14.0. The van der Waals surface area contributed by atoms with E-state index in [4.69, 9.17) is 0 Å². The number of aliphatic hydroxyl groups is 1. The van der Waals surface area contributed by atoms with Crippen LogP contribution >= 0.6 is 0 Å². The molecule has 1 rings (SSSR count). The lowest BCUT2D eigenvalue weighted by Crippen LogP contribution is -2.39. The van der Waals surface area contributed by atoms with Gasteiger partial charge in [0.15, 0.2) is 5.60 Å². The molecule has 1 aromatic carbocycles. The first-order chi connectivity index (χ1) is 7.74. The van der Waals surface area contributed by atoms with E-state index in [0.717, 1.165) is 24.5 Å². The highest BCUT2D eigenvalue weighted by molar-refractivity contribution is 5.35. The molecule has 1 unspecified atom stereocenters. The summed E-state index contributed by atoms with van der Waals surface area (Å²) in [4.78, 5) is 0. The van der Waals surface area contributed by atoms with E-state index in [2.05, 4.69) is 0 Å². The molecule has 0 bridgehead atoms. The van der Waals surface area contributed by atoms with Gasteiger partial charge in [0.2, 0.25) is 0 Å². The summed E-state index contributed by atoms with van der Waals surface area (Å²) in [5.41, 5.74) is -1.01. The SMILES string of the molecule is CCc1ccc(C(C)(O)C(F)(F)F)cc1CC. The summed E-state index contributed by atoms with van der Waals surface area (Å²) in [5.74, 6) is 0. The minimum atomic E-state index is -4.66. The minimum absolute atomic E-state index is 0.0981. The van der Waals surface area contributed by atoms with Gasteiger partial charge in [0.25, 0.3) is 0 Å². The van der Waals surface area contributed by atoms with Crippen LogP contribution in [0, 0.1) is 0 Å². The molecule has 0 fully saturated rings. The average molecular weight is 246 g/mol. The van der Waals surface area contributed by atoms with Crippen LogP contribution in [0.4, 0.5) is 13.2 Å². The van der Waals surface area contributed by atoms with Crippen LogP contribution in [-0.4, -0.2) is 11.3 Å². The molecule has 17 heavy (non-hydrogen) atoms. The van der Waals surface area contributed by atoms with Gasteiger partial charge in [-0.05, 0) is 36.5 Å². The summed E-state index contributed by atoms with van der Waals surface area (Å²) >= 11 is 0. The fraction of sp³-hybridized carbons (Fsp3) is 0.538. The van der Waals surface area contributed by atoms with Crippen molar-refractivity contribution in [1.29, 1.82) is 0 Å². The van der Waals surface area contributed by atoms with Crippen molar-refractivity contribution in [3.8, 4) is 0 Å². The summed E-state index contributed by atoms with van der Waals surface area (Å²) in [7, 11) is 0. The summed E-state index contributed by atoms with van der Waals surface area (Å²) in [6.07, 6.45) is -3.23. The van der Waals surface area contributed by atoms with Crippen LogP contribution in [0.1, 0.15) is 37.5 Å². The van der Waals surface area contributed by atoms with Crippen LogP contribution in [0.3, 0.4) is 0 Å². The van der Waals surface area contributed by atoms with Gasteiger partial charge < -0.3 is 5.11 Å². The number of halogens is 3. The molecule has 0 aliphatic heterocycles. The Balaban J connectivity index is 3.25. The van der Waals surface area contributed by atoms with Gasteiger partial charge in [-0.15, -0.1) is 0 Å². The molecule has 1 N–H and O–H groups in total. The third-order valence-electron chi connectivity index (χ3n) is 3.08. The topological polar surface area (TPSA) is 20.2 Å². The van der Waals surface area contributed by atoms with Gasteiger partial charge in [-0.25, -0.2) is 0 Å². The molecule has 1 atom stereocenters. The number of hydrogen-bond acceptors (Lipinski definition) is 1. The van der Waals surface area contributed by atoms with Gasteiger partial charge >= 0.3 is 6.18 Å². The van der Waals surface area contributed by atoms with Crippen LogP contribution in [0.2, 0.25) is 0 Å². The molecule has 1 aromatic rings. The Bertz CT molecular complexity index is 394. The third-order valence-corrected chi connectivity index (χ3v) is 3.08. The summed E-state index contributed by atoms with van der Waals surface area (Å²) < 4.78 is 38.1. The highest BCUT2D eigenvalue weighted by Gasteiger charge is 2.51. The minimum Gasteiger partial charge on any atom is -0.376 e. The molecule has 0 aromatic heterocycles. The Morgan fingerprint density at radius 2 is 1.59 bits per heavy atom. The molecule has 1 nitrogen and oxygen atoms in total. The quantitative estimate of drug-likeness (QED) is 0.864. The van der Waals surface area contributed by atoms with E-state index in [9.17, 15) is 18.3 Å². The van der Waals surface area contributed by atoms with Gasteiger partial charge in [-0.1, -0.05) is 32.0 Å². The maximum atomic E-state index is 12.7.